The molecule has 1 aromatic rings. The van der Waals surface area contributed by atoms with Crippen molar-refractivity contribution < 1.29 is 19.3 Å². The van der Waals surface area contributed by atoms with Gasteiger partial charge in [-0.25, -0.2) is 9.88 Å². The first-order chi connectivity index (χ1) is 11.4. The zero-order valence-electron chi connectivity index (χ0n) is 13.0. The van der Waals surface area contributed by atoms with Crippen molar-refractivity contribution in [2.24, 2.45) is 0 Å². The van der Waals surface area contributed by atoms with E-state index in [1.165, 1.54) is 10.8 Å². The van der Waals surface area contributed by atoms with Gasteiger partial charge >= 0.3 is 5.69 Å². The Hall–Kier alpha value is -1.60. The van der Waals surface area contributed by atoms with Crippen molar-refractivity contribution in [2.45, 2.75) is 38.2 Å². The maximum atomic E-state index is 11.8. The molecule has 1 unspecified atom stereocenters. The SMILES string of the molecule is Cc1cn([C@H]2C[C@H](O)[C@@H](COP(O)NCCC#N)O2)c(=O)[nH]c1=O. The summed E-state index contributed by atoms with van der Waals surface area (Å²) in [6.07, 6.45) is -0.551. The quantitative estimate of drug-likeness (QED) is 0.367. The van der Waals surface area contributed by atoms with Gasteiger partial charge < -0.3 is 19.3 Å². The van der Waals surface area contributed by atoms with Crippen molar-refractivity contribution in [1.29, 1.82) is 5.26 Å². The number of rotatable bonds is 7. The molecule has 4 N–H and O–H groups in total. The zero-order valence-corrected chi connectivity index (χ0v) is 13.9. The molecule has 1 aliphatic heterocycles. The van der Waals surface area contributed by atoms with E-state index in [9.17, 15) is 19.6 Å². The van der Waals surface area contributed by atoms with E-state index in [0.29, 0.717) is 12.1 Å². The predicted molar refractivity (Wildman–Crippen MR) is 83.9 cm³/mol. The monoisotopic (exact) mass is 358 g/mol. The first kappa shape index (κ1) is 18.7. The first-order valence-corrected chi connectivity index (χ1v) is 8.51. The lowest BCUT2D eigenvalue weighted by atomic mass is 10.2. The van der Waals surface area contributed by atoms with Gasteiger partial charge in [0.15, 0.2) is 0 Å². The molecule has 10 nitrogen and oxygen atoms in total. The smallest absolute Gasteiger partial charge is 0.330 e. The van der Waals surface area contributed by atoms with Crippen LogP contribution in [0.15, 0.2) is 15.8 Å². The molecule has 2 heterocycles. The Morgan fingerprint density at radius 3 is 3.08 bits per heavy atom. The lowest BCUT2D eigenvalue weighted by Crippen LogP contribution is -2.33. The molecule has 0 spiro atoms. The number of aromatic amines is 1. The van der Waals surface area contributed by atoms with Crippen LogP contribution in [-0.4, -0.2) is 44.9 Å². The highest BCUT2D eigenvalue weighted by Crippen LogP contribution is 2.32. The topological polar surface area (TPSA) is 150 Å². The molecule has 1 aliphatic rings. The Labute approximate surface area is 138 Å². The highest BCUT2D eigenvalue weighted by Gasteiger charge is 2.36. The van der Waals surface area contributed by atoms with Crippen molar-refractivity contribution in [3.05, 3.63) is 32.6 Å². The van der Waals surface area contributed by atoms with E-state index in [1.807, 2.05) is 6.07 Å². The lowest BCUT2D eigenvalue weighted by Gasteiger charge is -2.18. The van der Waals surface area contributed by atoms with Crippen molar-refractivity contribution in [1.82, 2.24) is 14.6 Å². The Morgan fingerprint density at radius 1 is 1.62 bits per heavy atom. The molecular formula is C13H19N4O6P. The van der Waals surface area contributed by atoms with E-state index < -0.39 is 38.2 Å². The number of nitrogens with zero attached hydrogens (tertiary/aromatic N) is 2. The number of aliphatic hydroxyl groups excluding tert-OH is 1. The predicted octanol–water partition coefficient (Wildman–Crippen LogP) is -0.767. The van der Waals surface area contributed by atoms with Crippen molar-refractivity contribution in [2.75, 3.05) is 13.2 Å². The number of aryl methyl sites for hydroxylation is 1. The van der Waals surface area contributed by atoms with Crippen molar-refractivity contribution in [3.63, 3.8) is 0 Å². The van der Waals surface area contributed by atoms with Crippen LogP contribution < -0.4 is 16.3 Å². The largest absolute Gasteiger partial charge is 0.390 e. The number of aromatic nitrogens is 2. The van der Waals surface area contributed by atoms with Crippen molar-refractivity contribution in [3.8, 4) is 6.07 Å². The van der Waals surface area contributed by atoms with E-state index in [2.05, 4.69) is 10.1 Å². The number of hydrogen-bond donors (Lipinski definition) is 4. The summed E-state index contributed by atoms with van der Waals surface area (Å²) in [7, 11) is -1.92. The number of aliphatic hydroxyl groups is 1. The van der Waals surface area contributed by atoms with Gasteiger partial charge in [-0.3, -0.25) is 14.3 Å². The summed E-state index contributed by atoms with van der Waals surface area (Å²) in [4.78, 5) is 35.0. The van der Waals surface area contributed by atoms with Gasteiger partial charge in [-0.2, -0.15) is 5.26 Å². The normalized spacial score (nSPS) is 24.7. The molecule has 24 heavy (non-hydrogen) atoms. The fraction of sp³-hybridized carbons (Fsp3) is 0.615. The van der Waals surface area contributed by atoms with Gasteiger partial charge in [0.2, 0.25) is 0 Å². The minimum absolute atomic E-state index is 0.0729. The van der Waals surface area contributed by atoms with Crippen LogP contribution in [0.25, 0.3) is 0 Å². The van der Waals surface area contributed by atoms with E-state index in [1.54, 1.807) is 6.92 Å². The second kappa shape index (κ2) is 8.48. The van der Waals surface area contributed by atoms with Crippen LogP contribution in [0.3, 0.4) is 0 Å². The van der Waals surface area contributed by atoms with Gasteiger partial charge in [-0.1, -0.05) is 0 Å². The van der Waals surface area contributed by atoms with Gasteiger partial charge in [0.1, 0.15) is 12.3 Å². The van der Waals surface area contributed by atoms with E-state index in [0.717, 1.165) is 0 Å². The Balaban J connectivity index is 1.93. The highest BCUT2D eigenvalue weighted by molar-refractivity contribution is 7.43. The third-order valence-corrected chi connectivity index (χ3v) is 4.39. The van der Waals surface area contributed by atoms with E-state index in [-0.39, 0.29) is 19.4 Å². The lowest BCUT2D eigenvalue weighted by molar-refractivity contribution is -0.0410. The molecule has 1 saturated heterocycles. The Kier molecular flexibility index (Phi) is 6.62. The molecule has 11 heteroatoms. The Bertz CT molecular complexity index is 714. The van der Waals surface area contributed by atoms with Gasteiger partial charge in [0, 0.05) is 31.1 Å². The third kappa shape index (κ3) is 4.70. The fourth-order valence-corrected chi connectivity index (χ4v) is 2.92. The molecule has 0 aliphatic carbocycles. The molecular weight excluding hydrogens is 339 g/mol. The molecule has 2 rings (SSSR count). The Morgan fingerprint density at radius 2 is 2.38 bits per heavy atom. The van der Waals surface area contributed by atoms with Gasteiger partial charge in [-0.05, 0) is 6.92 Å². The van der Waals surface area contributed by atoms with Crippen molar-refractivity contribution >= 4 is 8.53 Å². The van der Waals surface area contributed by atoms with Gasteiger partial charge in [0.05, 0.1) is 18.8 Å². The number of hydrogen-bond acceptors (Lipinski definition) is 8. The molecule has 4 atom stereocenters. The number of H-pyrrole nitrogens is 1. The average molecular weight is 358 g/mol. The summed E-state index contributed by atoms with van der Waals surface area (Å²) in [5.41, 5.74) is -0.732. The molecule has 0 saturated carbocycles. The van der Waals surface area contributed by atoms with Crippen LogP contribution >= 0.6 is 8.53 Å². The van der Waals surface area contributed by atoms with Crippen LogP contribution in [0.1, 0.15) is 24.6 Å². The van der Waals surface area contributed by atoms with Gasteiger partial charge in [0.25, 0.3) is 14.1 Å². The van der Waals surface area contributed by atoms with E-state index in [4.69, 9.17) is 14.5 Å². The maximum absolute atomic E-state index is 11.8. The van der Waals surface area contributed by atoms with Crippen LogP contribution in [0.2, 0.25) is 0 Å². The number of nitrogens with one attached hydrogen (secondary N) is 2. The fourth-order valence-electron chi connectivity index (χ4n) is 2.23. The minimum Gasteiger partial charge on any atom is -0.390 e. The summed E-state index contributed by atoms with van der Waals surface area (Å²) in [6.45, 7) is 1.78. The summed E-state index contributed by atoms with van der Waals surface area (Å²) in [5.74, 6) is 0. The molecule has 0 aromatic carbocycles. The second-order valence-corrected chi connectivity index (χ2v) is 6.42. The maximum Gasteiger partial charge on any atom is 0.330 e. The summed E-state index contributed by atoms with van der Waals surface area (Å²) in [6, 6.07) is 1.92. The van der Waals surface area contributed by atoms with Crippen LogP contribution in [-0.2, 0) is 9.26 Å². The van der Waals surface area contributed by atoms with Crippen LogP contribution in [0, 0.1) is 18.3 Å². The molecule has 0 bridgehead atoms. The van der Waals surface area contributed by atoms with Crippen LogP contribution in [0.5, 0.6) is 0 Å². The molecule has 132 valence electrons. The average Bonchev–Trinajstić information content (AvgIpc) is 2.90. The summed E-state index contributed by atoms with van der Waals surface area (Å²) >= 11 is 0. The molecule has 0 amide bonds. The number of nitriles is 1. The first-order valence-electron chi connectivity index (χ1n) is 7.30. The van der Waals surface area contributed by atoms with Gasteiger partial charge in [-0.15, -0.1) is 0 Å². The third-order valence-electron chi connectivity index (χ3n) is 3.51. The highest BCUT2D eigenvalue weighted by atomic mass is 31.2. The zero-order chi connectivity index (χ0) is 17.7. The number of ether oxygens (including phenoxy) is 1. The standard InChI is InChI=1S/C13H19N4O6P/c1-8-6-17(13(20)16-12(8)19)11-5-9(18)10(23-11)7-22-24(21)15-4-2-3-14/h6,9-11,15,18,21H,2,4-5,7H2,1H3,(H,16,19,20)/t9-,10+,11+,24?/m0/s1. The molecule has 1 aromatic heterocycles. The molecule has 1 fully saturated rings. The van der Waals surface area contributed by atoms with Crippen LogP contribution in [0.4, 0.5) is 0 Å². The second-order valence-electron chi connectivity index (χ2n) is 5.30. The minimum atomic E-state index is -1.92. The van der Waals surface area contributed by atoms with E-state index >= 15 is 0 Å². The summed E-state index contributed by atoms with van der Waals surface area (Å²) < 4.78 is 12.0. The molecule has 0 radical (unpaired) electrons. The summed E-state index contributed by atoms with van der Waals surface area (Å²) in [5, 5.41) is 21.1.